The second-order valence-electron chi connectivity index (χ2n) is 5.42. The summed E-state index contributed by atoms with van der Waals surface area (Å²) in [6.45, 7) is 3.28. The minimum atomic E-state index is -4.00. The van der Waals surface area contributed by atoms with Gasteiger partial charge in [0.2, 0.25) is 10.0 Å². The lowest BCUT2D eigenvalue weighted by Crippen LogP contribution is -2.48. The van der Waals surface area contributed by atoms with Crippen molar-refractivity contribution < 1.29 is 27.5 Å². The van der Waals surface area contributed by atoms with E-state index in [1.54, 1.807) is 13.8 Å². The lowest BCUT2D eigenvalue weighted by molar-refractivity contribution is 0.0598. The first-order chi connectivity index (χ1) is 10.6. The van der Waals surface area contributed by atoms with E-state index in [1.807, 2.05) is 0 Å². The summed E-state index contributed by atoms with van der Waals surface area (Å²) in [5.41, 5.74) is 4.45. The fraction of sp³-hybridized carbons (Fsp3) is 0.429. The standard InChI is InChI=1S/C14H20N2O6S.ClH/c1-14(2,8-15)16-23(19,20)11-6-9(12(17)21-3)5-10(7-11)13(18)22-4;/h5-7,16H,8,15H2,1-4H3;1H. The molecule has 0 aliphatic heterocycles. The maximum atomic E-state index is 12.5. The van der Waals surface area contributed by atoms with Gasteiger partial charge < -0.3 is 15.2 Å². The number of ether oxygens (including phenoxy) is 2. The third kappa shape index (κ3) is 5.45. The third-order valence-electron chi connectivity index (χ3n) is 2.98. The highest BCUT2D eigenvalue weighted by atomic mass is 35.5. The van der Waals surface area contributed by atoms with Crippen LogP contribution >= 0.6 is 12.4 Å². The van der Waals surface area contributed by atoms with Gasteiger partial charge in [-0.15, -0.1) is 12.4 Å². The number of hydrogen-bond donors (Lipinski definition) is 2. The maximum Gasteiger partial charge on any atom is 0.337 e. The van der Waals surface area contributed by atoms with E-state index in [9.17, 15) is 18.0 Å². The number of hydrogen-bond acceptors (Lipinski definition) is 7. The predicted molar refractivity (Wildman–Crippen MR) is 89.8 cm³/mol. The Hall–Kier alpha value is -1.68. The second kappa shape index (κ2) is 8.43. The molecule has 0 saturated heterocycles. The molecule has 1 aromatic rings. The zero-order valence-electron chi connectivity index (χ0n) is 13.8. The number of esters is 2. The van der Waals surface area contributed by atoms with Crippen LogP contribution in [0.3, 0.4) is 0 Å². The van der Waals surface area contributed by atoms with Crippen LogP contribution in [0.15, 0.2) is 23.1 Å². The number of carbonyl (C=O) groups is 2. The van der Waals surface area contributed by atoms with Crippen molar-refractivity contribution in [1.29, 1.82) is 0 Å². The number of halogens is 1. The minimum absolute atomic E-state index is 0. The Morgan fingerprint density at radius 3 is 1.83 bits per heavy atom. The van der Waals surface area contributed by atoms with Crippen LogP contribution in [-0.2, 0) is 19.5 Å². The molecular weight excluding hydrogens is 360 g/mol. The molecule has 0 bridgehead atoms. The zero-order chi connectivity index (χ0) is 17.8. The average molecular weight is 381 g/mol. The van der Waals surface area contributed by atoms with Crippen LogP contribution in [0.1, 0.15) is 34.6 Å². The molecule has 0 aliphatic carbocycles. The Bertz CT molecular complexity index is 684. The Morgan fingerprint density at radius 2 is 1.50 bits per heavy atom. The Balaban J connectivity index is 0.00000529. The molecule has 0 amide bonds. The van der Waals surface area contributed by atoms with E-state index in [-0.39, 0.29) is 35.0 Å². The topological polar surface area (TPSA) is 125 Å². The highest BCUT2D eigenvalue weighted by molar-refractivity contribution is 7.89. The van der Waals surface area contributed by atoms with Crippen molar-refractivity contribution in [2.24, 2.45) is 5.73 Å². The van der Waals surface area contributed by atoms with Gasteiger partial charge in [0, 0.05) is 12.1 Å². The maximum absolute atomic E-state index is 12.5. The van der Waals surface area contributed by atoms with Gasteiger partial charge in [-0.3, -0.25) is 0 Å². The Labute approximate surface area is 147 Å². The number of nitrogens with two attached hydrogens (primary N) is 1. The quantitative estimate of drug-likeness (QED) is 0.695. The van der Waals surface area contributed by atoms with Crippen LogP contribution in [0.5, 0.6) is 0 Å². The van der Waals surface area contributed by atoms with Crippen molar-refractivity contribution in [3.05, 3.63) is 29.3 Å². The molecule has 1 rings (SSSR count). The molecule has 0 fully saturated rings. The van der Waals surface area contributed by atoms with Gasteiger partial charge in [0.1, 0.15) is 0 Å². The first kappa shape index (κ1) is 22.3. The van der Waals surface area contributed by atoms with Gasteiger partial charge in [0.15, 0.2) is 0 Å². The van der Waals surface area contributed by atoms with E-state index in [4.69, 9.17) is 5.73 Å². The molecule has 3 N–H and O–H groups in total. The molecule has 1 aromatic carbocycles. The summed E-state index contributed by atoms with van der Waals surface area (Å²) in [7, 11) is -1.70. The Kier molecular flexibility index (Phi) is 7.84. The molecule has 0 aromatic heterocycles. The predicted octanol–water partition coefficient (Wildman–Crippen LogP) is 0.697. The van der Waals surface area contributed by atoms with Gasteiger partial charge in [0.25, 0.3) is 0 Å². The van der Waals surface area contributed by atoms with Crippen molar-refractivity contribution >= 4 is 34.4 Å². The summed E-state index contributed by atoms with van der Waals surface area (Å²) in [6.07, 6.45) is 0. The summed E-state index contributed by atoms with van der Waals surface area (Å²) in [5.74, 6) is -1.55. The molecule has 24 heavy (non-hydrogen) atoms. The molecule has 8 nitrogen and oxygen atoms in total. The molecule has 0 saturated carbocycles. The number of methoxy groups -OCH3 is 2. The van der Waals surface area contributed by atoms with Crippen LogP contribution in [-0.4, -0.2) is 46.7 Å². The van der Waals surface area contributed by atoms with Crippen LogP contribution in [0.4, 0.5) is 0 Å². The van der Waals surface area contributed by atoms with E-state index < -0.39 is 27.5 Å². The first-order valence-electron chi connectivity index (χ1n) is 6.62. The molecule has 0 aliphatic rings. The SMILES string of the molecule is COC(=O)c1cc(C(=O)OC)cc(S(=O)(=O)NC(C)(C)CN)c1.Cl. The van der Waals surface area contributed by atoms with E-state index in [0.717, 1.165) is 26.4 Å². The molecule has 0 heterocycles. The summed E-state index contributed by atoms with van der Waals surface area (Å²) in [4.78, 5) is 23.1. The van der Waals surface area contributed by atoms with E-state index in [0.29, 0.717) is 0 Å². The zero-order valence-corrected chi connectivity index (χ0v) is 15.4. The van der Waals surface area contributed by atoms with Crippen molar-refractivity contribution in [3.8, 4) is 0 Å². The molecule has 0 unspecified atom stereocenters. The Morgan fingerprint density at radius 1 is 1.08 bits per heavy atom. The fourth-order valence-electron chi connectivity index (χ4n) is 1.69. The lowest BCUT2D eigenvalue weighted by atomic mass is 10.1. The molecule has 136 valence electrons. The molecule has 0 atom stereocenters. The monoisotopic (exact) mass is 380 g/mol. The second-order valence-corrected chi connectivity index (χ2v) is 7.11. The van der Waals surface area contributed by atoms with Gasteiger partial charge in [-0.1, -0.05) is 0 Å². The highest BCUT2D eigenvalue weighted by Crippen LogP contribution is 2.19. The van der Waals surface area contributed by atoms with Crippen molar-refractivity contribution in [3.63, 3.8) is 0 Å². The number of nitrogens with one attached hydrogen (secondary N) is 1. The van der Waals surface area contributed by atoms with Gasteiger partial charge >= 0.3 is 11.9 Å². The van der Waals surface area contributed by atoms with Crippen LogP contribution in [0.2, 0.25) is 0 Å². The number of rotatable bonds is 6. The van der Waals surface area contributed by atoms with Crippen molar-refractivity contribution in [2.75, 3.05) is 20.8 Å². The summed E-state index contributed by atoms with van der Waals surface area (Å²) < 4.78 is 36.5. The van der Waals surface area contributed by atoms with Gasteiger partial charge in [-0.05, 0) is 32.0 Å². The van der Waals surface area contributed by atoms with Gasteiger partial charge in [0.05, 0.1) is 30.2 Å². The molecule has 0 spiro atoms. The van der Waals surface area contributed by atoms with Gasteiger partial charge in [-0.25, -0.2) is 22.7 Å². The smallest absolute Gasteiger partial charge is 0.337 e. The molecular formula is C14H21ClN2O6S. The van der Waals surface area contributed by atoms with E-state index in [1.165, 1.54) is 6.07 Å². The van der Waals surface area contributed by atoms with Crippen LogP contribution in [0.25, 0.3) is 0 Å². The number of sulfonamides is 1. The number of carbonyl (C=O) groups excluding carboxylic acids is 2. The van der Waals surface area contributed by atoms with E-state index in [2.05, 4.69) is 14.2 Å². The normalized spacial score (nSPS) is 11.4. The number of benzene rings is 1. The lowest BCUT2D eigenvalue weighted by Gasteiger charge is -2.24. The molecule has 10 heteroatoms. The largest absolute Gasteiger partial charge is 0.465 e. The first-order valence-corrected chi connectivity index (χ1v) is 8.10. The van der Waals surface area contributed by atoms with Crippen LogP contribution < -0.4 is 10.5 Å². The minimum Gasteiger partial charge on any atom is -0.465 e. The summed E-state index contributed by atoms with van der Waals surface area (Å²) >= 11 is 0. The van der Waals surface area contributed by atoms with Gasteiger partial charge in [-0.2, -0.15) is 0 Å². The van der Waals surface area contributed by atoms with Crippen LogP contribution in [0, 0.1) is 0 Å². The van der Waals surface area contributed by atoms with Crippen molar-refractivity contribution in [1.82, 2.24) is 4.72 Å². The summed E-state index contributed by atoms with van der Waals surface area (Å²) in [5, 5.41) is 0. The fourth-order valence-corrected chi connectivity index (χ4v) is 3.18. The average Bonchev–Trinajstić information content (AvgIpc) is 2.51. The highest BCUT2D eigenvalue weighted by Gasteiger charge is 2.27. The third-order valence-corrected chi connectivity index (χ3v) is 4.66. The van der Waals surface area contributed by atoms with Crippen molar-refractivity contribution in [2.45, 2.75) is 24.3 Å². The molecule has 0 radical (unpaired) electrons. The summed E-state index contributed by atoms with van der Waals surface area (Å²) in [6, 6.07) is 3.44. The van der Waals surface area contributed by atoms with E-state index >= 15 is 0 Å².